The van der Waals surface area contributed by atoms with Crippen molar-refractivity contribution >= 4 is 22.5 Å². The van der Waals surface area contributed by atoms with E-state index in [2.05, 4.69) is 10.3 Å². The van der Waals surface area contributed by atoms with Gasteiger partial charge in [0.2, 0.25) is 5.91 Å². The SMILES string of the molecule is COc1cccc(NC(=O)CCc2cc3cc(OC)c(OC)cc3[nH]c2=O)c1. The Hall–Kier alpha value is -3.48. The minimum absolute atomic E-state index is 0.180. The van der Waals surface area contributed by atoms with E-state index in [1.165, 1.54) is 7.11 Å². The van der Waals surface area contributed by atoms with Gasteiger partial charge in [-0.05, 0) is 30.7 Å². The molecule has 1 amide bonds. The summed E-state index contributed by atoms with van der Waals surface area (Å²) in [6.07, 6.45) is 0.495. The van der Waals surface area contributed by atoms with Crippen LogP contribution in [-0.4, -0.2) is 32.2 Å². The lowest BCUT2D eigenvalue weighted by molar-refractivity contribution is -0.116. The quantitative estimate of drug-likeness (QED) is 0.655. The highest BCUT2D eigenvalue weighted by Gasteiger charge is 2.11. The molecule has 0 radical (unpaired) electrons. The highest BCUT2D eigenvalue weighted by Crippen LogP contribution is 2.31. The number of aromatic amines is 1. The van der Waals surface area contributed by atoms with Crippen molar-refractivity contribution in [3.63, 3.8) is 0 Å². The van der Waals surface area contributed by atoms with Gasteiger partial charge in [-0.3, -0.25) is 9.59 Å². The van der Waals surface area contributed by atoms with E-state index in [-0.39, 0.29) is 17.9 Å². The number of H-pyrrole nitrogens is 1. The summed E-state index contributed by atoms with van der Waals surface area (Å²) < 4.78 is 15.7. The molecule has 0 atom stereocenters. The smallest absolute Gasteiger partial charge is 0.251 e. The number of carbonyl (C=O) groups excluding carboxylic acids is 1. The Labute approximate surface area is 162 Å². The number of benzene rings is 2. The number of nitrogens with one attached hydrogen (secondary N) is 2. The molecule has 1 aromatic heterocycles. The van der Waals surface area contributed by atoms with Gasteiger partial charge in [0.15, 0.2) is 11.5 Å². The van der Waals surface area contributed by atoms with Crippen LogP contribution in [0.15, 0.2) is 47.3 Å². The fourth-order valence-electron chi connectivity index (χ4n) is 2.94. The van der Waals surface area contributed by atoms with Crippen LogP contribution in [0.5, 0.6) is 17.2 Å². The largest absolute Gasteiger partial charge is 0.497 e. The van der Waals surface area contributed by atoms with Gasteiger partial charge in [-0.2, -0.15) is 0 Å². The van der Waals surface area contributed by atoms with Gasteiger partial charge in [0.25, 0.3) is 5.56 Å². The minimum atomic E-state index is -0.228. The van der Waals surface area contributed by atoms with Gasteiger partial charge < -0.3 is 24.5 Å². The average molecular weight is 382 g/mol. The highest BCUT2D eigenvalue weighted by molar-refractivity contribution is 5.91. The Kier molecular flexibility index (Phi) is 5.84. The molecular formula is C21H22N2O5. The Morgan fingerprint density at radius 2 is 1.75 bits per heavy atom. The molecule has 2 aromatic carbocycles. The van der Waals surface area contributed by atoms with Crippen molar-refractivity contribution in [2.24, 2.45) is 0 Å². The molecule has 0 fully saturated rings. The highest BCUT2D eigenvalue weighted by atomic mass is 16.5. The molecule has 7 heteroatoms. The second-order valence-corrected chi connectivity index (χ2v) is 6.20. The van der Waals surface area contributed by atoms with Crippen molar-refractivity contribution in [2.75, 3.05) is 26.6 Å². The monoisotopic (exact) mass is 382 g/mol. The van der Waals surface area contributed by atoms with Gasteiger partial charge >= 0.3 is 0 Å². The fraction of sp³-hybridized carbons (Fsp3) is 0.238. The number of aromatic nitrogens is 1. The summed E-state index contributed by atoms with van der Waals surface area (Å²) in [5, 5.41) is 3.62. The van der Waals surface area contributed by atoms with Gasteiger partial charge in [0.05, 0.1) is 26.8 Å². The first-order valence-corrected chi connectivity index (χ1v) is 8.76. The van der Waals surface area contributed by atoms with E-state index < -0.39 is 0 Å². The van der Waals surface area contributed by atoms with Crippen molar-refractivity contribution in [3.05, 3.63) is 58.4 Å². The first-order chi connectivity index (χ1) is 13.5. The summed E-state index contributed by atoms with van der Waals surface area (Å²) in [5.41, 5.74) is 1.59. The lowest BCUT2D eigenvalue weighted by atomic mass is 10.1. The third-order valence-corrected chi connectivity index (χ3v) is 4.40. The van der Waals surface area contributed by atoms with Crippen molar-refractivity contribution in [1.29, 1.82) is 0 Å². The molecule has 0 unspecified atom stereocenters. The number of ether oxygens (including phenoxy) is 3. The van der Waals surface area contributed by atoms with Crippen LogP contribution >= 0.6 is 0 Å². The average Bonchev–Trinajstić information content (AvgIpc) is 2.71. The summed E-state index contributed by atoms with van der Waals surface area (Å²) >= 11 is 0. The molecule has 3 rings (SSSR count). The number of fused-ring (bicyclic) bond motifs is 1. The maximum absolute atomic E-state index is 12.4. The van der Waals surface area contributed by atoms with E-state index in [0.29, 0.717) is 40.4 Å². The zero-order valence-electron chi connectivity index (χ0n) is 16.0. The maximum atomic E-state index is 12.4. The Morgan fingerprint density at radius 1 is 1.00 bits per heavy atom. The van der Waals surface area contributed by atoms with Crippen LogP contribution in [0.2, 0.25) is 0 Å². The van der Waals surface area contributed by atoms with E-state index in [9.17, 15) is 9.59 Å². The normalized spacial score (nSPS) is 10.5. The minimum Gasteiger partial charge on any atom is -0.497 e. The Bertz CT molecular complexity index is 1060. The third-order valence-electron chi connectivity index (χ3n) is 4.40. The first-order valence-electron chi connectivity index (χ1n) is 8.76. The van der Waals surface area contributed by atoms with Crippen LogP contribution in [0.3, 0.4) is 0 Å². The number of hydrogen-bond acceptors (Lipinski definition) is 5. The van der Waals surface area contributed by atoms with E-state index >= 15 is 0 Å². The second kappa shape index (κ2) is 8.47. The number of hydrogen-bond donors (Lipinski definition) is 2. The lowest BCUT2D eigenvalue weighted by Gasteiger charge is -2.10. The molecule has 2 N–H and O–H groups in total. The van der Waals surface area contributed by atoms with E-state index in [1.54, 1.807) is 56.7 Å². The van der Waals surface area contributed by atoms with E-state index in [1.807, 2.05) is 0 Å². The Morgan fingerprint density at radius 3 is 2.46 bits per heavy atom. The molecule has 0 saturated heterocycles. The number of amides is 1. The molecule has 0 saturated carbocycles. The summed E-state index contributed by atoms with van der Waals surface area (Å²) in [5.74, 6) is 1.59. The van der Waals surface area contributed by atoms with Crippen LogP contribution in [0.1, 0.15) is 12.0 Å². The molecule has 7 nitrogen and oxygen atoms in total. The zero-order chi connectivity index (χ0) is 20.1. The fourth-order valence-corrected chi connectivity index (χ4v) is 2.94. The summed E-state index contributed by atoms with van der Waals surface area (Å²) in [6, 6.07) is 12.4. The van der Waals surface area contributed by atoms with Crippen molar-refractivity contribution in [3.8, 4) is 17.2 Å². The van der Waals surface area contributed by atoms with Gasteiger partial charge in [-0.25, -0.2) is 0 Å². The van der Waals surface area contributed by atoms with Crippen LogP contribution in [0.4, 0.5) is 5.69 Å². The number of anilines is 1. The number of aryl methyl sites for hydroxylation is 1. The molecule has 1 heterocycles. The van der Waals surface area contributed by atoms with Crippen LogP contribution in [0, 0.1) is 0 Å². The van der Waals surface area contributed by atoms with Crippen LogP contribution in [0.25, 0.3) is 10.9 Å². The topological polar surface area (TPSA) is 89.7 Å². The number of rotatable bonds is 7. The molecule has 28 heavy (non-hydrogen) atoms. The molecule has 0 aliphatic rings. The number of methoxy groups -OCH3 is 3. The van der Waals surface area contributed by atoms with Gasteiger partial charge in [0, 0.05) is 35.2 Å². The lowest BCUT2D eigenvalue weighted by Crippen LogP contribution is -2.17. The van der Waals surface area contributed by atoms with Crippen molar-refractivity contribution in [2.45, 2.75) is 12.8 Å². The summed E-state index contributed by atoms with van der Waals surface area (Å²) in [6.45, 7) is 0. The standard InChI is InChI=1S/C21H22N2O5/c1-26-16-6-4-5-15(11-16)22-20(24)8-7-13-9-14-10-18(27-2)19(28-3)12-17(14)23-21(13)25/h4-6,9-12H,7-8H2,1-3H3,(H,22,24)(H,23,25). The molecule has 0 aliphatic heterocycles. The zero-order valence-corrected chi connectivity index (χ0v) is 16.0. The van der Waals surface area contributed by atoms with Gasteiger partial charge in [0.1, 0.15) is 5.75 Å². The second-order valence-electron chi connectivity index (χ2n) is 6.20. The van der Waals surface area contributed by atoms with E-state index in [0.717, 1.165) is 5.39 Å². The van der Waals surface area contributed by atoms with Crippen LogP contribution in [-0.2, 0) is 11.2 Å². The molecular weight excluding hydrogens is 360 g/mol. The maximum Gasteiger partial charge on any atom is 0.251 e. The first kappa shape index (κ1) is 19.3. The molecule has 0 aliphatic carbocycles. The molecule has 0 spiro atoms. The van der Waals surface area contributed by atoms with E-state index in [4.69, 9.17) is 14.2 Å². The molecule has 0 bridgehead atoms. The molecule has 3 aromatic rings. The molecule has 146 valence electrons. The van der Waals surface area contributed by atoms with Gasteiger partial charge in [-0.1, -0.05) is 6.07 Å². The van der Waals surface area contributed by atoms with Crippen molar-refractivity contribution in [1.82, 2.24) is 4.98 Å². The summed E-state index contributed by atoms with van der Waals surface area (Å²) in [4.78, 5) is 27.4. The number of pyridine rings is 1. The van der Waals surface area contributed by atoms with Gasteiger partial charge in [-0.15, -0.1) is 0 Å². The predicted octanol–water partition coefficient (Wildman–Crippen LogP) is 3.13. The van der Waals surface area contributed by atoms with Crippen LogP contribution < -0.4 is 25.1 Å². The summed E-state index contributed by atoms with van der Waals surface area (Å²) in [7, 11) is 4.66. The number of carbonyl (C=O) groups is 1. The Balaban J connectivity index is 1.75. The predicted molar refractivity (Wildman–Crippen MR) is 108 cm³/mol. The third kappa shape index (κ3) is 4.25. The van der Waals surface area contributed by atoms with Crippen molar-refractivity contribution < 1.29 is 19.0 Å².